The van der Waals surface area contributed by atoms with E-state index in [-0.39, 0.29) is 18.5 Å². The van der Waals surface area contributed by atoms with Gasteiger partial charge in [-0.3, -0.25) is 9.59 Å². The SMILES string of the molecule is CCCCC/C=C\C/C=C\CCCCCCCCCCCC(=O)OC(CCCCCCC)CCCCCCC(=O)O. The molecule has 0 amide bonds. The van der Waals surface area contributed by atoms with Crippen molar-refractivity contribution in [2.24, 2.45) is 0 Å². The first-order valence-electron chi connectivity index (χ1n) is 17.8. The highest BCUT2D eigenvalue weighted by Gasteiger charge is 2.14. The third kappa shape index (κ3) is 32.8. The highest BCUT2D eigenvalue weighted by Crippen LogP contribution is 2.18. The molecule has 0 aliphatic carbocycles. The van der Waals surface area contributed by atoms with E-state index in [2.05, 4.69) is 38.2 Å². The van der Waals surface area contributed by atoms with Crippen molar-refractivity contribution in [1.29, 1.82) is 0 Å². The number of rotatable bonds is 32. The minimum absolute atomic E-state index is 0.0218. The van der Waals surface area contributed by atoms with Crippen LogP contribution in [-0.4, -0.2) is 23.1 Å². The number of carboxylic acid groups (broad SMARTS) is 1. The van der Waals surface area contributed by atoms with Gasteiger partial charge in [-0.05, 0) is 70.6 Å². The van der Waals surface area contributed by atoms with Crippen LogP contribution >= 0.6 is 0 Å². The van der Waals surface area contributed by atoms with Crippen LogP contribution < -0.4 is 0 Å². The van der Waals surface area contributed by atoms with Gasteiger partial charge in [-0.2, -0.15) is 0 Å². The summed E-state index contributed by atoms with van der Waals surface area (Å²) in [5, 5.41) is 8.78. The largest absolute Gasteiger partial charge is 0.481 e. The third-order valence-electron chi connectivity index (χ3n) is 7.93. The van der Waals surface area contributed by atoms with Crippen molar-refractivity contribution in [3.8, 4) is 0 Å². The molecule has 1 N–H and O–H groups in total. The van der Waals surface area contributed by atoms with Crippen molar-refractivity contribution < 1.29 is 19.4 Å². The summed E-state index contributed by atoms with van der Waals surface area (Å²) in [6.45, 7) is 4.48. The maximum atomic E-state index is 12.5. The molecule has 0 fully saturated rings. The van der Waals surface area contributed by atoms with E-state index in [1.54, 1.807) is 0 Å². The average Bonchev–Trinajstić information content (AvgIpc) is 2.95. The normalized spacial score (nSPS) is 12.4. The van der Waals surface area contributed by atoms with Gasteiger partial charge in [0.15, 0.2) is 0 Å². The van der Waals surface area contributed by atoms with E-state index in [9.17, 15) is 9.59 Å². The summed E-state index contributed by atoms with van der Waals surface area (Å²) in [4.78, 5) is 23.2. The van der Waals surface area contributed by atoms with Crippen molar-refractivity contribution in [3.63, 3.8) is 0 Å². The van der Waals surface area contributed by atoms with Crippen LogP contribution in [0.5, 0.6) is 0 Å². The van der Waals surface area contributed by atoms with Crippen molar-refractivity contribution in [1.82, 2.24) is 0 Å². The fourth-order valence-electron chi connectivity index (χ4n) is 5.27. The maximum Gasteiger partial charge on any atom is 0.306 e. The fourth-order valence-corrected chi connectivity index (χ4v) is 5.27. The summed E-state index contributed by atoms with van der Waals surface area (Å²) in [6.07, 6.45) is 40.6. The molecule has 0 saturated carbocycles. The van der Waals surface area contributed by atoms with Gasteiger partial charge < -0.3 is 9.84 Å². The molecule has 4 nitrogen and oxygen atoms in total. The molecule has 1 atom stereocenters. The number of ether oxygens (including phenoxy) is 1. The van der Waals surface area contributed by atoms with E-state index in [1.807, 2.05) is 0 Å². The minimum atomic E-state index is -0.713. The Bertz CT molecular complexity index is 624. The van der Waals surface area contributed by atoms with Crippen molar-refractivity contribution >= 4 is 11.9 Å². The second kappa shape index (κ2) is 32.9. The Balaban J connectivity index is 3.77. The highest BCUT2D eigenvalue weighted by molar-refractivity contribution is 5.69. The number of aliphatic carboxylic acids is 1. The van der Waals surface area contributed by atoms with Crippen LogP contribution in [0.4, 0.5) is 0 Å². The zero-order valence-electron chi connectivity index (χ0n) is 27.4. The Labute approximate surface area is 255 Å². The van der Waals surface area contributed by atoms with E-state index in [0.29, 0.717) is 6.42 Å². The molecule has 0 saturated heterocycles. The lowest BCUT2D eigenvalue weighted by Crippen LogP contribution is -2.18. The molecule has 0 aromatic heterocycles. The lowest BCUT2D eigenvalue weighted by atomic mass is 10.0. The summed E-state index contributed by atoms with van der Waals surface area (Å²) >= 11 is 0. The second-order valence-corrected chi connectivity index (χ2v) is 12.1. The Morgan fingerprint density at radius 3 is 1.49 bits per heavy atom. The zero-order chi connectivity index (χ0) is 30.1. The summed E-state index contributed by atoms with van der Waals surface area (Å²) < 4.78 is 5.90. The standard InChI is InChI=1S/C37H68O4/c1-3-5-7-9-10-11-12-13-14-15-16-17-18-19-20-21-22-24-30-34-37(40)41-35(31-27-23-8-6-4-2)32-28-25-26-29-33-36(38)39/h10-11,13-14,35H,3-9,12,15-34H2,1-2H3,(H,38,39)/b11-10-,14-13-. The Morgan fingerprint density at radius 2 is 0.951 bits per heavy atom. The van der Waals surface area contributed by atoms with E-state index in [0.717, 1.165) is 64.2 Å². The first-order chi connectivity index (χ1) is 20.1. The molecule has 0 aliphatic heterocycles. The van der Waals surface area contributed by atoms with Gasteiger partial charge in [0.25, 0.3) is 0 Å². The Hall–Kier alpha value is -1.58. The van der Waals surface area contributed by atoms with E-state index >= 15 is 0 Å². The molecule has 0 aromatic rings. The number of esters is 1. The van der Waals surface area contributed by atoms with Crippen LogP contribution in [0.15, 0.2) is 24.3 Å². The number of hydrogen-bond acceptors (Lipinski definition) is 3. The molecule has 0 rings (SSSR count). The number of hydrogen-bond donors (Lipinski definition) is 1. The molecule has 1 unspecified atom stereocenters. The van der Waals surface area contributed by atoms with Gasteiger partial charge in [0.05, 0.1) is 0 Å². The molecule has 0 bridgehead atoms. The molecule has 41 heavy (non-hydrogen) atoms. The monoisotopic (exact) mass is 577 g/mol. The summed E-state index contributed by atoms with van der Waals surface area (Å²) in [5.41, 5.74) is 0. The molecule has 0 heterocycles. The molecule has 0 aromatic carbocycles. The topological polar surface area (TPSA) is 63.6 Å². The number of carbonyl (C=O) groups is 2. The van der Waals surface area contributed by atoms with Gasteiger partial charge >= 0.3 is 11.9 Å². The smallest absolute Gasteiger partial charge is 0.306 e. The number of carboxylic acids is 1. The average molecular weight is 577 g/mol. The molecule has 0 spiro atoms. The van der Waals surface area contributed by atoms with Crippen LogP contribution in [0.25, 0.3) is 0 Å². The lowest BCUT2D eigenvalue weighted by molar-refractivity contribution is -0.150. The van der Waals surface area contributed by atoms with Gasteiger partial charge in [0.1, 0.15) is 6.10 Å². The minimum Gasteiger partial charge on any atom is -0.481 e. The van der Waals surface area contributed by atoms with E-state index in [4.69, 9.17) is 9.84 Å². The predicted octanol–water partition coefficient (Wildman–Crippen LogP) is 12.1. The molecule has 0 radical (unpaired) electrons. The Morgan fingerprint density at radius 1 is 0.537 bits per heavy atom. The van der Waals surface area contributed by atoms with Crippen LogP contribution in [0, 0.1) is 0 Å². The van der Waals surface area contributed by atoms with Crippen LogP contribution in [0.1, 0.15) is 194 Å². The number of unbranched alkanes of at least 4 members (excludes halogenated alkanes) is 19. The van der Waals surface area contributed by atoms with Gasteiger partial charge in [-0.1, -0.05) is 134 Å². The van der Waals surface area contributed by atoms with E-state index in [1.165, 1.54) is 103 Å². The van der Waals surface area contributed by atoms with E-state index < -0.39 is 5.97 Å². The van der Waals surface area contributed by atoms with Gasteiger partial charge in [-0.25, -0.2) is 0 Å². The van der Waals surface area contributed by atoms with Gasteiger partial charge in [0.2, 0.25) is 0 Å². The second-order valence-electron chi connectivity index (χ2n) is 12.1. The quantitative estimate of drug-likeness (QED) is 0.0491. The highest BCUT2D eigenvalue weighted by atomic mass is 16.5. The molecule has 240 valence electrons. The van der Waals surface area contributed by atoms with Crippen LogP contribution in [0.3, 0.4) is 0 Å². The lowest BCUT2D eigenvalue weighted by Gasteiger charge is -2.18. The van der Waals surface area contributed by atoms with Gasteiger partial charge in [-0.15, -0.1) is 0 Å². The van der Waals surface area contributed by atoms with Gasteiger partial charge in [0, 0.05) is 12.8 Å². The maximum absolute atomic E-state index is 12.5. The summed E-state index contributed by atoms with van der Waals surface area (Å²) in [6, 6.07) is 0. The third-order valence-corrected chi connectivity index (χ3v) is 7.93. The zero-order valence-corrected chi connectivity index (χ0v) is 27.4. The fraction of sp³-hybridized carbons (Fsp3) is 0.838. The predicted molar refractivity (Wildman–Crippen MR) is 176 cm³/mol. The Kier molecular flexibility index (Phi) is 31.7. The van der Waals surface area contributed by atoms with Crippen LogP contribution in [-0.2, 0) is 14.3 Å². The molecule has 0 aliphatic rings. The number of allylic oxidation sites excluding steroid dienone is 4. The van der Waals surface area contributed by atoms with Crippen LogP contribution in [0.2, 0.25) is 0 Å². The first-order valence-corrected chi connectivity index (χ1v) is 17.8. The summed E-state index contributed by atoms with van der Waals surface area (Å²) in [7, 11) is 0. The van der Waals surface area contributed by atoms with Crippen molar-refractivity contribution in [2.75, 3.05) is 0 Å². The molecular formula is C37H68O4. The molecule has 4 heteroatoms. The number of carbonyl (C=O) groups excluding carboxylic acids is 1. The van der Waals surface area contributed by atoms with Crippen molar-refractivity contribution in [3.05, 3.63) is 24.3 Å². The van der Waals surface area contributed by atoms with Crippen molar-refractivity contribution in [2.45, 2.75) is 200 Å². The summed E-state index contributed by atoms with van der Waals surface area (Å²) in [5.74, 6) is -0.735. The molecular weight excluding hydrogens is 508 g/mol. The first kappa shape index (κ1) is 39.4.